The number of methoxy groups -OCH3 is 2. The molecule has 1 fully saturated rings. The molecule has 0 amide bonds. The van der Waals surface area contributed by atoms with E-state index >= 15 is 0 Å². The lowest BCUT2D eigenvalue weighted by molar-refractivity contribution is -0.0638. The number of rotatable bonds is 9. The summed E-state index contributed by atoms with van der Waals surface area (Å²) in [5.41, 5.74) is 0. The molecule has 0 spiro atoms. The van der Waals surface area contributed by atoms with Gasteiger partial charge >= 0.3 is 0 Å². The van der Waals surface area contributed by atoms with Crippen molar-refractivity contribution in [1.29, 1.82) is 0 Å². The lowest BCUT2D eigenvalue weighted by Gasteiger charge is -2.24. The summed E-state index contributed by atoms with van der Waals surface area (Å²) >= 11 is 0. The van der Waals surface area contributed by atoms with E-state index in [4.69, 9.17) is 18.9 Å². The van der Waals surface area contributed by atoms with Crippen LogP contribution < -0.4 is 0 Å². The molecule has 0 radical (unpaired) electrons. The van der Waals surface area contributed by atoms with Gasteiger partial charge in [0.25, 0.3) is 0 Å². The summed E-state index contributed by atoms with van der Waals surface area (Å²) in [4.78, 5) is 0. The normalized spacial score (nSPS) is 24.5. The fourth-order valence-electron chi connectivity index (χ4n) is 2.26. The second-order valence-electron chi connectivity index (χ2n) is 4.86. The van der Waals surface area contributed by atoms with E-state index in [0.29, 0.717) is 0 Å². The van der Waals surface area contributed by atoms with Crippen LogP contribution in [0.4, 0.5) is 0 Å². The summed E-state index contributed by atoms with van der Waals surface area (Å²) < 4.78 is 21.9. The van der Waals surface area contributed by atoms with Crippen molar-refractivity contribution in [2.75, 3.05) is 34.0 Å². The average Bonchev–Trinajstić information content (AvgIpc) is 2.65. The number of ether oxygens (including phenoxy) is 4. The van der Waals surface area contributed by atoms with Crippen LogP contribution in [-0.4, -0.2) is 46.2 Å². The lowest BCUT2D eigenvalue weighted by Crippen LogP contribution is -2.30. The van der Waals surface area contributed by atoms with E-state index in [2.05, 4.69) is 0 Å². The first kappa shape index (κ1) is 16.5. The zero-order valence-corrected chi connectivity index (χ0v) is 12.3. The molecule has 0 saturated carbocycles. The minimum Gasteiger partial charge on any atom is -0.505 e. The summed E-state index contributed by atoms with van der Waals surface area (Å²) in [5.74, 6) is 0. The minimum atomic E-state index is 0.163. The van der Waals surface area contributed by atoms with E-state index in [1.807, 2.05) is 6.08 Å². The number of unbranched alkanes of at least 4 members (excludes halogenated alkanes) is 1. The van der Waals surface area contributed by atoms with Crippen molar-refractivity contribution in [2.24, 2.45) is 0 Å². The third-order valence-corrected chi connectivity index (χ3v) is 3.31. The minimum absolute atomic E-state index is 0.163. The maximum atomic E-state index is 6.00. The summed E-state index contributed by atoms with van der Waals surface area (Å²) in [6, 6.07) is 0. The highest BCUT2D eigenvalue weighted by atomic mass is 16.5. The second-order valence-corrected chi connectivity index (χ2v) is 4.86. The van der Waals surface area contributed by atoms with Crippen molar-refractivity contribution in [3.05, 3.63) is 12.3 Å². The van der Waals surface area contributed by atoms with Gasteiger partial charge in [0.15, 0.2) is 0 Å². The third-order valence-electron chi connectivity index (χ3n) is 3.31. The van der Waals surface area contributed by atoms with Crippen molar-refractivity contribution in [3.63, 3.8) is 0 Å². The Hall–Kier alpha value is -0.580. The van der Waals surface area contributed by atoms with Crippen LogP contribution in [0.15, 0.2) is 12.3 Å². The lowest BCUT2D eigenvalue weighted by atomic mass is 10.1. The maximum absolute atomic E-state index is 6.00. The van der Waals surface area contributed by atoms with Crippen molar-refractivity contribution in [2.45, 2.75) is 50.7 Å². The van der Waals surface area contributed by atoms with Crippen LogP contribution in [0.25, 0.3) is 0 Å². The summed E-state index contributed by atoms with van der Waals surface area (Å²) in [7, 11) is 3.40. The molecule has 0 aliphatic carbocycles. The fourth-order valence-corrected chi connectivity index (χ4v) is 2.26. The van der Waals surface area contributed by atoms with Crippen LogP contribution in [0.5, 0.6) is 0 Å². The molecule has 0 aromatic heterocycles. The van der Waals surface area contributed by atoms with Gasteiger partial charge in [0.05, 0.1) is 25.6 Å². The van der Waals surface area contributed by atoms with E-state index in [0.717, 1.165) is 51.9 Å². The van der Waals surface area contributed by atoms with Gasteiger partial charge in [0, 0.05) is 26.9 Å². The molecule has 0 aromatic carbocycles. The SMILES string of the molecule is COC=CCC1OCCCCC1OCCCCOC. The van der Waals surface area contributed by atoms with Gasteiger partial charge in [-0.2, -0.15) is 0 Å². The molecule has 0 bridgehead atoms. The zero-order valence-electron chi connectivity index (χ0n) is 12.3. The molecule has 2 unspecified atom stereocenters. The molecule has 19 heavy (non-hydrogen) atoms. The van der Waals surface area contributed by atoms with E-state index < -0.39 is 0 Å². The van der Waals surface area contributed by atoms with Gasteiger partial charge in [-0.05, 0) is 44.6 Å². The molecule has 1 aliphatic heterocycles. The van der Waals surface area contributed by atoms with Crippen molar-refractivity contribution < 1.29 is 18.9 Å². The van der Waals surface area contributed by atoms with Crippen molar-refractivity contribution in [3.8, 4) is 0 Å². The van der Waals surface area contributed by atoms with Gasteiger partial charge in [0.2, 0.25) is 0 Å². The van der Waals surface area contributed by atoms with E-state index in [-0.39, 0.29) is 12.2 Å². The average molecular weight is 272 g/mol. The topological polar surface area (TPSA) is 36.9 Å². The van der Waals surface area contributed by atoms with Gasteiger partial charge in [0.1, 0.15) is 0 Å². The first-order chi connectivity index (χ1) is 9.38. The summed E-state index contributed by atoms with van der Waals surface area (Å²) in [5, 5.41) is 0. The summed E-state index contributed by atoms with van der Waals surface area (Å²) in [6.45, 7) is 2.45. The first-order valence-corrected chi connectivity index (χ1v) is 7.28. The first-order valence-electron chi connectivity index (χ1n) is 7.28. The smallest absolute Gasteiger partial charge is 0.0872 e. The molecule has 1 aliphatic rings. The highest BCUT2D eigenvalue weighted by molar-refractivity contribution is 4.84. The van der Waals surface area contributed by atoms with Gasteiger partial charge in [-0.1, -0.05) is 0 Å². The standard InChI is InChI=1S/C15H28O4/c1-16-10-5-6-13-19-14-8-3-4-12-18-15(14)9-7-11-17-2/h7,11,14-15H,3-6,8-10,12-13H2,1-2H3. The molecule has 1 saturated heterocycles. The van der Waals surface area contributed by atoms with Crippen molar-refractivity contribution >= 4 is 0 Å². The molecular formula is C15H28O4. The predicted octanol–water partition coefficient (Wildman–Crippen LogP) is 2.92. The van der Waals surface area contributed by atoms with Crippen LogP contribution in [-0.2, 0) is 18.9 Å². The Kier molecular flexibility index (Phi) is 9.77. The van der Waals surface area contributed by atoms with Crippen LogP contribution in [0, 0.1) is 0 Å². The van der Waals surface area contributed by atoms with Gasteiger partial charge < -0.3 is 18.9 Å². The number of hydrogen-bond donors (Lipinski definition) is 0. The van der Waals surface area contributed by atoms with Crippen molar-refractivity contribution in [1.82, 2.24) is 0 Å². The third kappa shape index (κ3) is 7.55. The Morgan fingerprint density at radius 1 is 1.16 bits per heavy atom. The van der Waals surface area contributed by atoms with Gasteiger partial charge in [-0.3, -0.25) is 0 Å². The van der Waals surface area contributed by atoms with E-state index in [9.17, 15) is 0 Å². The Balaban J connectivity index is 2.29. The van der Waals surface area contributed by atoms with Gasteiger partial charge in [-0.15, -0.1) is 0 Å². The predicted molar refractivity (Wildman–Crippen MR) is 75.2 cm³/mol. The highest BCUT2D eigenvalue weighted by Gasteiger charge is 2.24. The monoisotopic (exact) mass is 272 g/mol. The van der Waals surface area contributed by atoms with Crippen LogP contribution in [0.1, 0.15) is 38.5 Å². The molecule has 4 heteroatoms. The molecule has 1 heterocycles. The summed E-state index contributed by atoms with van der Waals surface area (Å²) in [6.07, 6.45) is 10.5. The number of hydrogen-bond acceptors (Lipinski definition) is 4. The quantitative estimate of drug-likeness (QED) is 0.478. The largest absolute Gasteiger partial charge is 0.505 e. The molecule has 2 atom stereocenters. The molecule has 0 aromatic rings. The Bertz CT molecular complexity index is 230. The highest BCUT2D eigenvalue weighted by Crippen LogP contribution is 2.20. The molecule has 112 valence electrons. The zero-order chi connectivity index (χ0) is 13.8. The van der Waals surface area contributed by atoms with Crippen LogP contribution in [0.2, 0.25) is 0 Å². The van der Waals surface area contributed by atoms with E-state index in [1.165, 1.54) is 6.42 Å². The fraction of sp³-hybridized carbons (Fsp3) is 0.867. The molecular weight excluding hydrogens is 244 g/mol. The second kappa shape index (κ2) is 11.3. The van der Waals surface area contributed by atoms with Crippen LogP contribution >= 0.6 is 0 Å². The van der Waals surface area contributed by atoms with Crippen LogP contribution in [0.3, 0.4) is 0 Å². The Morgan fingerprint density at radius 3 is 2.79 bits per heavy atom. The Labute approximate surface area is 117 Å². The van der Waals surface area contributed by atoms with Gasteiger partial charge in [-0.25, -0.2) is 0 Å². The molecule has 0 N–H and O–H groups in total. The van der Waals surface area contributed by atoms with E-state index in [1.54, 1.807) is 20.5 Å². The molecule has 4 nitrogen and oxygen atoms in total. The Morgan fingerprint density at radius 2 is 2.00 bits per heavy atom. The molecule has 1 rings (SSSR count). The maximum Gasteiger partial charge on any atom is 0.0872 e.